The number of hydrogen-bond donors (Lipinski definition) is 0. The number of nitrogens with zero attached hydrogens (tertiary/aromatic N) is 2. The summed E-state index contributed by atoms with van der Waals surface area (Å²) in [5.41, 5.74) is 3.86. The zero-order valence-corrected chi connectivity index (χ0v) is 12.1. The van der Waals surface area contributed by atoms with Crippen LogP contribution >= 0.6 is 11.3 Å². The van der Waals surface area contributed by atoms with E-state index in [9.17, 15) is 4.39 Å². The lowest BCUT2D eigenvalue weighted by Gasteiger charge is -2.00. The van der Waals surface area contributed by atoms with Gasteiger partial charge in [0.1, 0.15) is 10.8 Å². The summed E-state index contributed by atoms with van der Waals surface area (Å²) in [6, 6.07) is 14.5. The van der Waals surface area contributed by atoms with Crippen molar-refractivity contribution in [1.82, 2.24) is 4.98 Å². The van der Waals surface area contributed by atoms with Crippen molar-refractivity contribution in [2.45, 2.75) is 6.92 Å². The van der Waals surface area contributed by atoms with Gasteiger partial charge in [0.15, 0.2) is 0 Å². The number of aryl methyl sites for hydroxylation is 1. The van der Waals surface area contributed by atoms with E-state index >= 15 is 0 Å². The molecule has 0 aliphatic heterocycles. The molecule has 4 heteroatoms. The van der Waals surface area contributed by atoms with Gasteiger partial charge in [-0.25, -0.2) is 9.37 Å². The molecule has 0 bridgehead atoms. The second-order valence-electron chi connectivity index (χ2n) is 4.69. The van der Waals surface area contributed by atoms with E-state index in [1.807, 2.05) is 23.6 Å². The Kier molecular flexibility index (Phi) is 3.51. The van der Waals surface area contributed by atoms with E-state index in [0.29, 0.717) is 11.1 Å². The van der Waals surface area contributed by atoms with Crippen molar-refractivity contribution in [3.05, 3.63) is 64.8 Å². The van der Waals surface area contributed by atoms with Gasteiger partial charge in [0.05, 0.1) is 17.3 Å². The van der Waals surface area contributed by atoms with E-state index < -0.39 is 0 Å². The molecule has 0 unspecified atom stereocenters. The molecule has 2 nitrogen and oxygen atoms in total. The molecule has 0 N–H and O–H groups in total. The van der Waals surface area contributed by atoms with Crippen LogP contribution in [-0.2, 0) is 0 Å². The van der Waals surface area contributed by atoms with Crippen LogP contribution in [0.15, 0.2) is 47.8 Å². The average Bonchev–Trinajstić information content (AvgIpc) is 3.00. The summed E-state index contributed by atoms with van der Waals surface area (Å²) >= 11 is 1.51. The third kappa shape index (κ3) is 2.69. The SMILES string of the molecule is Cc1cc(-c2nc(-c3cccc(C#N)c3)cs2)ccc1F. The van der Waals surface area contributed by atoms with Gasteiger partial charge in [-0.3, -0.25) is 0 Å². The fraction of sp³-hybridized carbons (Fsp3) is 0.0588. The van der Waals surface area contributed by atoms with Crippen LogP contribution in [0.5, 0.6) is 0 Å². The summed E-state index contributed by atoms with van der Waals surface area (Å²) in [5, 5.41) is 11.7. The number of rotatable bonds is 2. The van der Waals surface area contributed by atoms with Gasteiger partial charge in [-0.05, 0) is 42.8 Å². The topological polar surface area (TPSA) is 36.7 Å². The van der Waals surface area contributed by atoms with Crippen LogP contribution in [0.2, 0.25) is 0 Å². The molecule has 1 aromatic heterocycles. The van der Waals surface area contributed by atoms with Gasteiger partial charge >= 0.3 is 0 Å². The van der Waals surface area contributed by atoms with Gasteiger partial charge in [-0.1, -0.05) is 12.1 Å². The summed E-state index contributed by atoms with van der Waals surface area (Å²) in [4.78, 5) is 4.58. The summed E-state index contributed by atoms with van der Waals surface area (Å²) in [6.45, 7) is 1.74. The third-order valence-electron chi connectivity index (χ3n) is 3.20. The molecule has 0 saturated carbocycles. The monoisotopic (exact) mass is 294 g/mol. The fourth-order valence-corrected chi connectivity index (χ4v) is 2.89. The number of aromatic nitrogens is 1. The minimum atomic E-state index is -0.211. The molecule has 21 heavy (non-hydrogen) atoms. The van der Waals surface area contributed by atoms with Crippen LogP contribution in [-0.4, -0.2) is 4.98 Å². The van der Waals surface area contributed by atoms with Crippen molar-refractivity contribution in [2.24, 2.45) is 0 Å². The zero-order valence-electron chi connectivity index (χ0n) is 11.3. The Hall–Kier alpha value is -2.51. The number of thiazole rings is 1. The smallest absolute Gasteiger partial charge is 0.126 e. The van der Waals surface area contributed by atoms with Gasteiger partial charge in [0.2, 0.25) is 0 Å². The lowest BCUT2D eigenvalue weighted by Crippen LogP contribution is -1.84. The Balaban J connectivity index is 1.99. The molecule has 102 valence electrons. The fourth-order valence-electron chi connectivity index (χ4n) is 2.06. The average molecular weight is 294 g/mol. The predicted molar refractivity (Wildman–Crippen MR) is 82.4 cm³/mol. The number of benzene rings is 2. The molecule has 1 heterocycles. The first-order valence-corrected chi connectivity index (χ1v) is 7.28. The van der Waals surface area contributed by atoms with Crippen molar-refractivity contribution >= 4 is 11.3 Å². The van der Waals surface area contributed by atoms with Crippen LogP contribution in [0.4, 0.5) is 4.39 Å². The van der Waals surface area contributed by atoms with Crippen LogP contribution in [0.25, 0.3) is 21.8 Å². The Morgan fingerprint density at radius 1 is 1.14 bits per heavy atom. The quantitative estimate of drug-likeness (QED) is 0.681. The van der Waals surface area contributed by atoms with E-state index in [4.69, 9.17) is 5.26 Å². The first-order valence-electron chi connectivity index (χ1n) is 6.40. The molecule has 2 aromatic carbocycles. The Morgan fingerprint density at radius 3 is 2.76 bits per heavy atom. The summed E-state index contributed by atoms with van der Waals surface area (Å²) in [6.07, 6.45) is 0. The molecule has 0 aliphatic rings. The third-order valence-corrected chi connectivity index (χ3v) is 4.09. The first-order chi connectivity index (χ1) is 10.2. The maximum atomic E-state index is 13.3. The lowest BCUT2D eigenvalue weighted by molar-refractivity contribution is 0.619. The summed E-state index contributed by atoms with van der Waals surface area (Å²) < 4.78 is 13.3. The second kappa shape index (κ2) is 5.47. The van der Waals surface area contributed by atoms with Crippen LogP contribution in [0.3, 0.4) is 0 Å². The van der Waals surface area contributed by atoms with Crippen molar-refractivity contribution in [3.63, 3.8) is 0 Å². The molecule has 0 spiro atoms. The molecule has 3 rings (SSSR count). The lowest BCUT2D eigenvalue weighted by atomic mass is 10.1. The van der Waals surface area contributed by atoms with Gasteiger partial charge in [-0.15, -0.1) is 11.3 Å². The normalized spacial score (nSPS) is 10.3. The molecule has 0 radical (unpaired) electrons. The van der Waals surface area contributed by atoms with Crippen molar-refractivity contribution < 1.29 is 4.39 Å². The molecule has 0 atom stereocenters. The van der Waals surface area contributed by atoms with Crippen LogP contribution in [0, 0.1) is 24.1 Å². The van der Waals surface area contributed by atoms with Crippen molar-refractivity contribution in [3.8, 4) is 27.9 Å². The minimum absolute atomic E-state index is 0.211. The first kappa shape index (κ1) is 13.5. The van der Waals surface area contributed by atoms with E-state index in [2.05, 4.69) is 11.1 Å². The molecule has 0 aliphatic carbocycles. The standard InChI is InChI=1S/C17H11FN2S/c1-11-7-14(5-6-15(11)18)17-20-16(10-21-17)13-4-2-3-12(8-13)9-19/h2-8,10H,1H3. The van der Waals surface area contributed by atoms with Crippen molar-refractivity contribution in [2.75, 3.05) is 0 Å². The van der Waals surface area contributed by atoms with Crippen LogP contribution in [0.1, 0.15) is 11.1 Å². The van der Waals surface area contributed by atoms with E-state index in [1.54, 1.807) is 25.1 Å². The van der Waals surface area contributed by atoms with E-state index in [1.165, 1.54) is 17.4 Å². The molecular weight excluding hydrogens is 283 g/mol. The van der Waals surface area contributed by atoms with Gasteiger partial charge < -0.3 is 0 Å². The Labute approximate surface area is 126 Å². The van der Waals surface area contributed by atoms with Gasteiger partial charge in [0.25, 0.3) is 0 Å². The highest BCUT2D eigenvalue weighted by atomic mass is 32.1. The minimum Gasteiger partial charge on any atom is -0.236 e. The number of halogens is 1. The molecular formula is C17H11FN2S. The number of hydrogen-bond acceptors (Lipinski definition) is 3. The molecule has 3 aromatic rings. The van der Waals surface area contributed by atoms with Gasteiger partial charge in [-0.2, -0.15) is 5.26 Å². The largest absolute Gasteiger partial charge is 0.236 e. The van der Waals surface area contributed by atoms with Crippen molar-refractivity contribution in [1.29, 1.82) is 5.26 Å². The Bertz CT molecular complexity index is 846. The van der Waals surface area contributed by atoms with Gasteiger partial charge in [0, 0.05) is 16.5 Å². The maximum Gasteiger partial charge on any atom is 0.126 e. The highest BCUT2D eigenvalue weighted by Crippen LogP contribution is 2.30. The second-order valence-corrected chi connectivity index (χ2v) is 5.55. The molecule has 0 saturated heterocycles. The maximum absolute atomic E-state index is 13.3. The predicted octanol–water partition coefficient (Wildman–Crippen LogP) is 4.80. The highest BCUT2D eigenvalue weighted by Gasteiger charge is 2.08. The van der Waals surface area contributed by atoms with E-state index in [0.717, 1.165) is 21.8 Å². The number of nitriles is 1. The highest BCUT2D eigenvalue weighted by molar-refractivity contribution is 7.13. The summed E-state index contributed by atoms with van der Waals surface area (Å²) in [7, 11) is 0. The summed E-state index contributed by atoms with van der Waals surface area (Å²) in [5.74, 6) is -0.211. The molecule has 0 amide bonds. The zero-order chi connectivity index (χ0) is 14.8. The van der Waals surface area contributed by atoms with Crippen LogP contribution < -0.4 is 0 Å². The molecule has 0 fully saturated rings. The Morgan fingerprint density at radius 2 is 2.00 bits per heavy atom. The van der Waals surface area contributed by atoms with E-state index in [-0.39, 0.29) is 5.82 Å².